The second-order valence-corrected chi connectivity index (χ2v) is 14.9. The average molecular weight is 662 g/mol. The summed E-state index contributed by atoms with van der Waals surface area (Å²) in [6, 6.07) is 20.7. The van der Waals surface area contributed by atoms with Crippen molar-refractivity contribution >= 4 is 29.1 Å². The number of fused-ring (bicyclic) bond motifs is 2. The van der Waals surface area contributed by atoms with E-state index in [1.807, 2.05) is 24.3 Å². The van der Waals surface area contributed by atoms with Gasteiger partial charge >= 0.3 is 0 Å². The molecule has 3 amide bonds. The lowest BCUT2D eigenvalue weighted by Gasteiger charge is -2.40. The SMILES string of the molecule is C[C@@H]1CCc2cc(O)ccc2[C@@H]1c1ccc(N2CCC(CN3CCN(c4ccc5c(c4)CN(C4CCC(=O)NC4=O)C5=O)CC3)CC2)cc1. The van der Waals surface area contributed by atoms with E-state index in [4.69, 9.17) is 0 Å². The van der Waals surface area contributed by atoms with Crippen molar-refractivity contribution in [3.63, 3.8) is 0 Å². The first kappa shape index (κ1) is 31.9. The lowest BCUT2D eigenvalue weighted by Crippen LogP contribution is -2.52. The smallest absolute Gasteiger partial charge is 0.255 e. The first-order valence-electron chi connectivity index (χ1n) is 18.2. The van der Waals surface area contributed by atoms with Crippen LogP contribution in [0.5, 0.6) is 5.75 Å². The third kappa shape index (κ3) is 6.29. The fourth-order valence-electron chi connectivity index (χ4n) is 9.05. The van der Waals surface area contributed by atoms with Crippen LogP contribution in [-0.4, -0.2) is 84.5 Å². The van der Waals surface area contributed by atoms with E-state index in [1.165, 1.54) is 35.2 Å². The Bertz CT molecular complexity index is 1740. The highest BCUT2D eigenvalue weighted by Crippen LogP contribution is 2.42. The van der Waals surface area contributed by atoms with E-state index in [0.29, 0.717) is 42.0 Å². The summed E-state index contributed by atoms with van der Waals surface area (Å²) in [5.41, 5.74) is 8.12. The minimum atomic E-state index is -0.580. The highest BCUT2D eigenvalue weighted by atomic mass is 16.3. The van der Waals surface area contributed by atoms with Crippen LogP contribution in [0.15, 0.2) is 60.7 Å². The normalized spacial score (nSPS) is 25.0. The molecule has 4 aliphatic heterocycles. The van der Waals surface area contributed by atoms with E-state index >= 15 is 0 Å². The molecule has 49 heavy (non-hydrogen) atoms. The summed E-state index contributed by atoms with van der Waals surface area (Å²) < 4.78 is 0. The number of aryl methyl sites for hydroxylation is 1. The molecular weight excluding hydrogens is 614 g/mol. The molecule has 5 aliphatic rings. The van der Waals surface area contributed by atoms with E-state index in [9.17, 15) is 19.5 Å². The number of piperidine rings is 2. The molecule has 1 unspecified atom stereocenters. The molecule has 9 heteroatoms. The van der Waals surface area contributed by atoms with Crippen molar-refractivity contribution in [3.05, 3.63) is 88.5 Å². The van der Waals surface area contributed by atoms with Crippen molar-refractivity contribution in [1.82, 2.24) is 15.1 Å². The third-order valence-electron chi connectivity index (χ3n) is 11.9. The number of hydrogen-bond acceptors (Lipinski definition) is 7. The van der Waals surface area contributed by atoms with Gasteiger partial charge in [-0.05, 0) is 109 Å². The van der Waals surface area contributed by atoms with E-state index in [1.54, 1.807) is 4.90 Å². The topological polar surface area (TPSA) is 96.4 Å². The van der Waals surface area contributed by atoms with Gasteiger partial charge in [0, 0.05) is 81.6 Å². The number of imide groups is 1. The van der Waals surface area contributed by atoms with Crippen LogP contribution in [0.25, 0.3) is 0 Å². The van der Waals surface area contributed by atoms with Crippen molar-refractivity contribution in [2.45, 2.75) is 64.0 Å². The standard InChI is InChI=1S/C40H47N5O4/c1-26-2-3-29-23-33(46)9-11-34(29)38(26)28-4-6-31(7-5-28)43-16-14-27(15-17-43)24-42-18-20-44(21-19-42)32-8-10-35-30(22-32)25-45(40(35)49)36-12-13-37(47)41-39(36)48/h4-11,22-23,26-27,36,38,46H,2-3,12-21,24-25H2,1H3,(H,41,47,48)/t26-,36?,38+/m1/s1. The largest absolute Gasteiger partial charge is 0.508 e. The first-order valence-corrected chi connectivity index (χ1v) is 18.2. The fourth-order valence-corrected chi connectivity index (χ4v) is 9.05. The summed E-state index contributed by atoms with van der Waals surface area (Å²) in [7, 11) is 0. The molecule has 0 radical (unpaired) electrons. The van der Waals surface area contributed by atoms with E-state index in [0.717, 1.165) is 69.9 Å². The van der Waals surface area contributed by atoms with Gasteiger partial charge in [0.15, 0.2) is 0 Å². The van der Waals surface area contributed by atoms with Crippen LogP contribution in [0, 0.1) is 11.8 Å². The van der Waals surface area contributed by atoms with E-state index in [2.05, 4.69) is 63.3 Å². The number of benzene rings is 3. The number of aromatic hydroxyl groups is 1. The van der Waals surface area contributed by atoms with Crippen molar-refractivity contribution in [1.29, 1.82) is 0 Å². The number of amides is 3. The maximum absolute atomic E-state index is 13.1. The van der Waals surface area contributed by atoms with Crippen molar-refractivity contribution < 1.29 is 19.5 Å². The van der Waals surface area contributed by atoms with Gasteiger partial charge in [0.2, 0.25) is 11.8 Å². The second-order valence-electron chi connectivity index (χ2n) is 14.9. The Kier molecular flexibility index (Phi) is 8.56. The number of carbonyl (C=O) groups is 3. The lowest BCUT2D eigenvalue weighted by atomic mass is 9.72. The number of hydrogen-bond donors (Lipinski definition) is 2. The van der Waals surface area contributed by atoms with Gasteiger partial charge in [-0.1, -0.05) is 25.1 Å². The Morgan fingerprint density at radius 1 is 0.755 bits per heavy atom. The number of phenolic OH excluding ortho intramolecular Hbond substituents is 1. The molecule has 0 aromatic heterocycles. The summed E-state index contributed by atoms with van der Waals surface area (Å²) in [4.78, 5) is 46.3. The summed E-state index contributed by atoms with van der Waals surface area (Å²) in [5, 5.41) is 12.4. The summed E-state index contributed by atoms with van der Waals surface area (Å²) in [6.45, 7) is 10.1. The van der Waals surface area contributed by atoms with Crippen LogP contribution < -0.4 is 15.1 Å². The molecule has 3 saturated heterocycles. The molecule has 0 saturated carbocycles. The van der Waals surface area contributed by atoms with Gasteiger partial charge in [-0.2, -0.15) is 0 Å². The molecule has 4 heterocycles. The van der Waals surface area contributed by atoms with Crippen LogP contribution in [0.1, 0.15) is 77.6 Å². The molecular formula is C40H47N5O4. The Labute approximate surface area is 288 Å². The quantitative estimate of drug-likeness (QED) is 0.363. The Morgan fingerprint density at radius 3 is 2.24 bits per heavy atom. The van der Waals surface area contributed by atoms with Gasteiger partial charge < -0.3 is 19.8 Å². The zero-order valence-electron chi connectivity index (χ0n) is 28.4. The van der Waals surface area contributed by atoms with Crippen molar-refractivity contribution in [2.75, 3.05) is 55.6 Å². The minimum Gasteiger partial charge on any atom is -0.508 e. The average Bonchev–Trinajstić information content (AvgIpc) is 3.44. The molecule has 3 atom stereocenters. The van der Waals surface area contributed by atoms with Crippen LogP contribution in [-0.2, 0) is 22.6 Å². The monoisotopic (exact) mass is 661 g/mol. The van der Waals surface area contributed by atoms with Crippen LogP contribution in [0.2, 0.25) is 0 Å². The first-order chi connectivity index (χ1) is 23.8. The molecule has 1 aliphatic carbocycles. The van der Waals surface area contributed by atoms with Gasteiger partial charge in [0.25, 0.3) is 5.91 Å². The highest BCUT2D eigenvalue weighted by Gasteiger charge is 2.39. The predicted molar refractivity (Wildman–Crippen MR) is 190 cm³/mol. The minimum absolute atomic E-state index is 0.119. The van der Waals surface area contributed by atoms with Gasteiger partial charge in [-0.25, -0.2) is 0 Å². The van der Waals surface area contributed by atoms with Gasteiger partial charge in [0.05, 0.1) is 0 Å². The molecule has 3 fully saturated rings. The molecule has 9 nitrogen and oxygen atoms in total. The zero-order chi connectivity index (χ0) is 33.6. The summed E-state index contributed by atoms with van der Waals surface area (Å²) >= 11 is 0. The number of anilines is 2. The number of nitrogens with one attached hydrogen (secondary N) is 1. The molecule has 8 rings (SSSR count). The van der Waals surface area contributed by atoms with Crippen LogP contribution in [0.3, 0.4) is 0 Å². The van der Waals surface area contributed by atoms with Gasteiger partial charge in [0.1, 0.15) is 11.8 Å². The molecule has 3 aromatic carbocycles. The number of carbonyl (C=O) groups excluding carboxylic acids is 3. The highest BCUT2D eigenvalue weighted by molar-refractivity contribution is 6.05. The second kappa shape index (κ2) is 13.2. The molecule has 0 spiro atoms. The van der Waals surface area contributed by atoms with E-state index in [-0.39, 0.29) is 24.1 Å². The number of piperazine rings is 1. The van der Waals surface area contributed by atoms with E-state index < -0.39 is 6.04 Å². The zero-order valence-corrected chi connectivity index (χ0v) is 28.4. The Morgan fingerprint density at radius 2 is 1.49 bits per heavy atom. The molecule has 0 bridgehead atoms. The van der Waals surface area contributed by atoms with Crippen molar-refractivity contribution in [3.8, 4) is 5.75 Å². The lowest BCUT2D eigenvalue weighted by molar-refractivity contribution is -0.136. The molecule has 256 valence electrons. The Balaban J connectivity index is 0.816. The predicted octanol–water partition coefficient (Wildman–Crippen LogP) is 4.91. The van der Waals surface area contributed by atoms with Crippen LogP contribution >= 0.6 is 0 Å². The Hall–Kier alpha value is -4.37. The number of rotatable bonds is 6. The maximum Gasteiger partial charge on any atom is 0.255 e. The number of nitrogens with zero attached hydrogens (tertiary/aromatic N) is 4. The maximum atomic E-state index is 13.1. The number of phenols is 1. The molecule has 3 aromatic rings. The van der Waals surface area contributed by atoms with Gasteiger partial charge in [-0.3, -0.25) is 24.6 Å². The summed E-state index contributed by atoms with van der Waals surface area (Å²) in [5.74, 6) is 1.29. The third-order valence-corrected chi connectivity index (χ3v) is 11.9. The van der Waals surface area contributed by atoms with Gasteiger partial charge in [-0.15, -0.1) is 0 Å². The molecule has 2 N–H and O–H groups in total. The fraction of sp³-hybridized carbons (Fsp3) is 0.475. The van der Waals surface area contributed by atoms with Crippen LogP contribution in [0.4, 0.5) is 11.4 Å². The summed E-state index contributed by atoms with van der Waals surface area (Å²) in [6.07, 6.45) is 5.26. The van der Waals surface area contributed by atoms with Crippen molar-refractivity contribution in [2.24, 2.45) is 11.8 Å².